The zero-order valence-corrected chi connectivity index (χ0v) is 16.7. The standard InChI is InChI=1S/C22H23FN4O3/c1-15-7-8-17(13-18(15)23)22-26-21(30-27-22)10-9-19(28)24-12-11-20(29)25-14-16-5-3-2-4-6-16/h2-8,13H,9-12,14H2,1H3,(H,24,28)(H,25,29). The summed E-state index contributed by atoms with van der Waals surface area (Å²) < 4.78 is 18.8. The van der Waals surface area contributed by atoms with Crippen molar-refractivity contribution < 1.29 is 18.5 Å². The van der Waals surface area contributed by atoms with Crippen molar-refractivity contribution in [1.29, 1.82) is 0 Å². The molecule has 8 heteroatoms. The average molecular weight is 410 g/mol. The number of carbonyl (C=O) groups excluding carboxylic acids is 2. The van der Waals surface area contributed by atoms with E-state index in [2.05, 4.69) is 20.8 Å². The molecule has 0 fully saturated rings. The van der Waals surface area contributed by atoms with Crippen molar-refractivity contribution in [2.75, 3.05) is 6.54 Å². The van der Waals surface area contributed by atoms with E-state index in [9.17, 15) is 14.0 Å². The van der Waals surface area contributed by atoms with Crippen LogP contribution in [0.5, 0.6) is 0 Å². The summed E-state index contributed by atoms with van der Waals surface area (Å²) in [7, 11) is 0. The number of carbonyl (C=O) groups is 2. The predicted molar refractivity (Wildman–Crippen MR) is 109 cm³/mol. The lowest BCUT2D eigenvalue weighted by Gasteiger charge is -2.06. The van der Waals surface area contributed by atoms with Gasteiger partial charge in [0.15, 0.2) is 0 Å². The van der Waals surface area contributed by atoms with Crippen LogP contribution in [0.3, 0.4) is 0 Å². The van der Waals surface area contributed by atoms with E-state index < -0.39 is 0 Å². The molecule has 0 unspecified atom stereocenters. The van der Waals surface area contributed by atoms with Crippen molar-refractivity contribution in [2.45, 2.75) is 32.7 Å². The molecule has 2 amide bonds. The summed E-state index contributed by atoms with van der Waals surface area (Å²) in [5.41, 5.74) is 2.06. The van der Waals surface area contributed by atoms with Gasteiger partial charge >= 0.3 is 0 Å². The minimum Gasteiger partial charge on any atom is -0.356 e. The van der Waals surface area contributed by atoms with E-state index in [4.69, 9.17) is 4.52 Å². The van der Waals surface area contributed by atoms with Crippen molar-refractivity contribution in [3.05, 3.63) is 71.4 Å². The van der Waals surface area contributed by atoms with Crippen LogP contribution in [0.1, 0.15) is 29.9 Å². The number of hydrogen-bond donors (Lipinski definition) is 2. The molecule has 0 atom stereocenters. The maximum Gasteiger partial charge on any atom is 0.227 e. The van der Waals surface area contributed by atoms with Gasteiger partial charge in [-0.05, 0) is 24.1 Å². The highest BCUT2D eigenvalue weighted by Crippen LogP contribution is 2.19. The minimum atomic E-state index is -0.342. The van der Waals surface area contributed by atoms with Gasteiger partial charge in [0.2, 0.25) is 23.5 Å². The van der Waals surface area contributed by atoms with Crippen molar-refractivity contribution in [3.63, 3.8) is 0 Å². The number of amides is 2. The molecule has 1 heterocycles. The van der Waals surface area contributed by atoms with Gasteiger partial charge in [-0.2, -0.15) is 4.98 Å². The van der Waals surface area contributed by atoms with Gasteiger partial charge in [-0.3, -0.25) is 9.59 Å². The Bertz CT molecular complexity index is 1000. The summed E-state index contributed by atoms with van der Waals surface area (Å²) >= 11 is 0. The zero-order valence-electron chi connectivity index (χ0n) is 16.7. The normalized spacial score (nSPS) is 10.6. The van der Waals surface area contributed by atoms with Crippen LogP contribution in [-0.2, 0) is 22.6 Å². The highest BCUT2D eigenvalue weighted by molar-refractivity contribution is 5.79. The number of nitrogens with one attached hydrogen (secondary N) is 2. The third kappa shape index (κ3) is 6.23. The van der Waals surface area contributed by atoms with Gasteiger partial charge in [0, 0.05) is 37.9 Å². The Morgan fingerprint density at radius 3 is 2.57 bits per heavy atom. The fourth-order valence-electron chi connectivity index (χ4n) is 2.71. The average Bonchev–Trinajstić information content (AvgIpc) is 3.22. The lowest BCUT2D eigenvalue weighted by Crippen LogP contribution is -2.30. The first-order valence-corrected chi connectivity index (χ1v) is 9.67. The molecule has 0 aliphatic heterocycles. The van der Waals surface area contributed by atoms with Crippen LogP contribution in [0.4, 0.5) is 4.39 Å². The van der Waals surface area contributed by atoms with Crippen LogP contribution in [-0.4, -0.2) is 28.5 Å². The zero-order chi connectivity index (χ0) is 21.3. The van der Waals surface area contributed by atoms with Gasteiger partial charge < -0.3 is 15.2 Å². The number of aromatic nitrogens is 2. The Labute approximate surface area is 173 Å². The number of halogens is 1. The summed E-state index contributed by atoms with van der Waals surface area (Å²) in [6.07, 6.45) is 0.602. The molecule has 0 spiro atoms. The van der Waals surface area contributed by atoms with Crippen LogP contribution < -0.4 is 10.6 Å². The van der Waals surface area contributed by atoms with Crippen LogP contribution >= 0.6 is 0 Å². The number of aryl methyl sites for hydroxylation is 2. The molecule has 0 aliphatic rings. The highest BCUT2D eigenvalue weighted by atomic mass is 19.1. The summed E-state index contributed by atoms with van der Waals surface area (Å²) in [4.78, 5) is 28.0. The van der Waals surface area contributed by atoms with Crippen molar-refractivity contribution in [3.8, 4) is 11.4 Å². The first kappa shape index (κ1) is 21.2. The molecule has 0 saturated carbocycles. The first-order chi connectivity index (χ1) is 14.5. The molecule has 1 aromatic heterocycles. The van der Waals surface area contributed by atoms with E-state index in [0.29, 0.717) is 23.6 Å². The predicted octanol–water partition coefficient (Wildman–Crippen LogP) is 2.94. The second kappa shape index (κ2) is 10.3. The quantitative estimate of drug-likeness (QED) is 0.565. The lowest BCUT2D eigenvalue weighted by molar-refractivity contribution is -0.122. The van der Waals surface area contributed by atoms with E-state index in [0.717, 1.165) is 5.56 Å². The lowest BCUT2D eigenvalue weighted by atomic mass is 10.1. The Morgan fingerprint density at radius 2 is 1.80 bits per heavy atom. The molecule has 2 N–H and O–H groups in total. The number of nitrogens with zero attached hydrogens (tertiary/aromatic N) is 2. The van der Waals surface area contributed by atoms with Crippen LogP contribution in [0.2, 0.25) is 0 Å². The summed E-state index contributed by atoms with van der Waals surface area (Å²) in [5.74, 6) is -0.120. The third-order valence-electron chi connectivity index (χ3n) is 4.47. The SMILES string of the molecule is Cc1ccc(-c2noc(CCC(=O)NCCC(=O)NCc3ccccc3)n2)cc1F. The first-order valence-electron chi connectivity index (χ1n) is 9.67. The van der Waals surface area contributed by atoms with Crippen molar-refractivity contribution in [2.24, 2.45) is 0 Å². The number of hydrogen-bond acceptors (Lipinski definition) is 5. The van der Waals surface area contributed by atoms with Crippen molar-refractivity contribution in [1.82, 2.24) is 20.8 Å². The van der Waals surface area contributed by atoms with E-state index in [1.165, 1.54) is 6.07 Å². The second-order valence-electron chi connectivity index (χ2n) is 6.84. The molecule has 30 heavy (non-hydrogen) atoms. The molecule has 156 valence electrons. The highest BCUT2D eigenvalue weighted by Gasteiger charge is 2.12. The largest absolute Gasteiger partial charge is 0.356 e. The molecule has 3 aromatic rings. The van der Waals surface area contributed by atoms with Crippen LogP contribution in [0.25, 0.3) is 11.4 Å². The second-order valence-corrected chi connectivity index (χ2v) is 6.84. The fraction of sp³-hybridized carbons (Fsp3) is 0.273. The van der Waals surface area contributed by atoms with Gasteiger partial charge in [-0.25, -0.2) is 4.39 Å². The smallest absolute Gasteiger partial charge is 0.227 e. The fourth-order valence-corrected chi connectivity index (χ4v) is 2.71. The Balaban J connectivity index is 1.36. The molecule has 0 aliphatic carbocycles. The van der Waals surface area contributed by atoms with E-state index in [1.807, 2.05) is 30.3 Å². The third-order valence-corrected chi connectivity index (χ3v) is 4.47. The number of rotatable bonds is 9. The Kier molecular flexibility index (Phi) is 7.26. The number of benzene rings is 2. The van der Waals surface area contributed by atoms with Gasteiger partial charge in [0.05, 0.1) is 0 Å². The molecular formula is C22H23FN4O3. The van der Waals surface area contributed by atoms with Gasteiger partial charge in [0.25, 0.3) is 0 Å². The molecule has 0 bridgehead atoms. The topological polar surface area (TPSA) is 97.1 Å². The van der Waals surface area contributed by atoms with Gasteiger partial charge in [0.1, 0.15) is 5.82 Å². The summed E-state index contributed by atoms with van der Waals surface area (Å²) in [5, 5.41) is 9.33. The molecule has 0 radical (unpaired) electrons. The molecular weight excluding hydrogens is 387 g/mol. The summed E-state index contributed by atoms with van der Waals surface area (Å²) in [6, 6.07) is 14.3. The Hall–Kier alpha value is -3.55. The van der Waals surface area contributed by atoms with Gasteiger partial charge in [-0.1, -0.05) is 47.6 Å². The molecule has 7 nitrogen and oxygen atoms in total. The van der Waals surface area contributed by atoms with E-state index in [-0.39, 0.29) is 49.3 Å². The maximum absolute atomic E-state index is 13.7. The monoisotopic (exact) mass is 410 g/mol. The van der Waals surface area contributed by atoms with E-state index in [1.54, 1.807) is 19.1 Å². The van der Waals surface area contributed by atoms with Crippen LogP contribution in [0.15, 0.2) is 53.1 Å². The summed E-state index contributed by atoms with van der Waals surface area (Å²) in [6.45, 7) is 2.38. The molecule has 0 saturated heterocycles. The molecule has 3 rings (SSSR count). The van der Waals surface area contributed by atoms with Crippen molar-refractivity contribution >= 4 is 11.8 Å². The Morgan fingerprint density at radius 1 is 1.03 bits per heavy atom. The minimum absolute atomic E-state index is 0.133. The molecule has 2 aromatic carbocycles. The van der Waals surface area contributed by atoms with E-state index >= 15 is 0 Å². The maximum atomic E-state index is 13.7. The van der Waals surface area contributed by atoms with Gasteiger partial charge in [-0.15, -0.1) is 0 Å². The van der Waals surface area contributed by atoms with Crippen LogP contribution in [0, 0.1) is 12.7 Å².